The molecular formula is C18H26N2O5. The molecule has 2 aliphatic rings. The van der Waals surface area contributed by atoms with Crippen LogP contribution in [0.2, 0.25) is 0 Å². The summed E-state index contributed by atoms with van der Waals surface area (Å²) in [6.45, 7) is 10.9. The molecule has 0 N–H and O–H groups in total. The Bertz CT molecular complexity index is 637. The van der Waals surface area contributed by atoms with Gasteiger partial charge in [0.05, 0.1) is 7.11 Å². The van der Waals surface area contributed by atoms with E-state index >= 15 is 0 Å². The van der Waals surface area contributed by atoms with Crippen LogP contribution in [-0.2, 0) is 19.1 Å². The van der Waals surface area contributed by atoms with Gasteiger partial charge in [0.25, 0.3) is 0 Å². The lowest BCUT2D eigenvalue weighted by Crippen LogP contribution is -2.75. The van der Waals surface area contributed by atoms with Crippen LogP contribution >= 0.6 is 0 Å². The minimum Gasteiger partial charge on any atom is -0.458 e. The first-order valence-electron chi connectivity index (χ1n) is 8.15. The molecule has 0 bridgehead atoms. The summed E-state index contributed by atoms with van der Waals surface area (Å²) in [5.74, 6) is -0.671. The van der Waals surface area contributed by atoms with E-state index in [1.165, 1.54) is 29.3 Å². The lowest BCUT2D eigenvalue weighted by Gasteiger charge is -2.58. The molecule has 25 heavy (non-hydrogen) atoms. The first-order valence-corrected chi connectivity index (χ1v) is 8.15. The van der Waals surface area contributed by atoms with Gasteiger partial charge in [0.2, 0.25) is 5.91 Å². The van der Waals surface area contributed by atoms with Crippen molar-refractivity contribution in [2.75, 3.05) is 7.11 Å². The summed E-state index contributed by atoms with van der Waals surface area (Å²) in [6.07, 6.45) is 5.43. The van der Waals surface area contributed by atoms with Gasteiger partial charge in [-0.3, -0.25) is 9.69 Å². The number of hydrogen-bond acceptors (Lipinski definition) is 5. The fourth-order valence-electron chi connectivity index (χ4n) is 3.00. The lowest BCUT2D eigenvalue weighted by molar-refractivity contribution is -0.192. The van der Waals surface area contributed by atoms with Crippen LogP contribution in [0, 0.1) is 5.41 Å². The van der Waals surface area contributed by atoms with Crippen molar-refractivity contribution in [3.05, 3.63) is 24.6 Å². The molecule has 0 aromatic rings. The fraction of sp³-hybridized carbons (Fsp3) is 0.611. The van der Waals surface area contributed by atoms with Gasteiger partial charge >= 0.3 is 12.1 Å². The van der Waals surface area contributed by atoms with Crippen LogP contribution in [0.25, 0.3) is 0 Å². The van der Waals surface area contributed by atoms with Crippen LogP contribution < -0.4 is 0 Å². The average molecular weight is 350 g/mol. The smallest absolute Gasteiger partial charge is 0.417 e. The molecule has 1 unspecified atom stereocenters. The molecule has 0 radical (unpaired) electrons. The number of nitrogens with zero attached hydrogens (tertiary/aromatic N) is 2. The number of carbonyl (C=O) groups is 3. The Kier molecular flexibility index (Phi) is 4.48. The number of esters is 1. The van der Waals surface area contributed by atoms with E-state index in [0.717, 1.165) is 0 Å². The Morgan fingerprint density at radius 2 is 1.60 bits per heavy atom. The largest absolute Gasteiger partial charge is 0.458 e. The van der Waals surface area contributed by atoms with Crippen molar-refractivity contribution < 1.29 is 23.9 Å². The van der Waals surface area contributed by atoms with Gasteiger partial charge in [-0.2, -0.15) is 0 Å². The number of hydrogen-bond donors (Lipinski definition) is 0. The Morgan fingerprint density at radius 1 is 1.08 bits per heavy atom. The minimum atomic E-state index is -1.14. The molecule has 138 valence electrons. The molecule has 7 heteroatoms. The second-order valence-corrected chi connectivity index (χ2v) is 8.22. The summed E-state index contributed by atoms with van der Waals surface area (Å²) in [4.78, 5) is 40.0. The maximum Gasteiger partial charge on any atom is 0.417 e. The fourth-order valence-corrected chi connectivity index (χ4v) is 3.00. The van der Waals surface area contributed by atoms with E-state index in [-0.39, 0.29) is 5.91 Å². The van der Waals surface area contributed by atoms with E-state index < -0.39 is 34.7 Å². The minimum absolute atomic E-state index is 0.201. The Morgan fingerprint density at radius 3 is 2.00 bits per heavy atom. The normalized spacial score (nSPS) is 22.0. The zero-order valence-corrected chi connectivity index (χ0v) is 15.8. The van der Waals surface area contributed by atoms with E-state index in [2.05, 4.69) is 4.74 Å². The molecule has 0 saturated carbocycles. The predicted molar refractivity (Wildman–Crippen MR) is 91.2 cm³/mol. The van der Waals surface area contributed by atoms with Crippen molar-refractivity contribution >= 4 is 18.0 Å². The highest BCUT2D eigenvalue weighted by molar-refractivity contribution is 6.04. The molecule has 0 aromatic carbocycles. The number of β-lactam (4-membered cyclic amide) rings is 1. The molecule has 1 atom stereocenters. The molecule has 7 nitrogen and oxygen atoms in total. The van der Waals surface area contributed by atoms with Gasteiger partial charge in [0.15, 0.2) is 6.04 Å². The number of amides is 2. The highest BCUT2D eigenvalue weighted by atomic mass is 16.6. The molecular weight excluding hydrogens is 324 g/mol. The molecule has 2 aliphatic heterocycles. The Balaban J connectivity index is 2.37. The molecule has 1 saturated heterocycles. The molecule has 2 amide bonds. The highest BCUT2D eigenvalue weighted by Gasteiger charge is 2.65. The van der Waals surface area contributed by atoms with Crippen LogP contribution in [0.15, 0.2) is 24.6 Å². The van der Waals surface area contributed by atoms with Crippen molar-refractivity contribution in [2.45, 2.75) is 58.7 Å². The average Bonchev–Trinajstić information content (AvgIpc) is 2.48. The third-order valence-corrected chi connectivity index (χ3v) is 4.06. The van der Waals surface area contributed by atoms with E-state index in [1.807, 2.05) is 20.8 Å². The van der Waals surface area contributed by atoms with Crippen molar-refractivity contribution in [3.8, 4) is 0 Å². The van der Waals surface area contributed by atoms with Crippen molar-refractivity contribution in [1.82, 2.24) is 9.80 Å². The van der Waals surface area contributed by atoms with E-state index in [1.54, 1.807) is 32.9 Å². The SMILES string of the molecule is COC(=O)N1C=CC2(C=C1)C(=O)N(C(C)(C)C)C2C(=O)OC(C)(C)C. The van der Waals surface area contributed by atoms with E-state index in [9.17, 15) is 14.4 Å². The lowest BCUT2D eigenvalue weighted by atomic mass is 9.67. The van der Waals surface area contributed by atoms with Crippen LogP contribution in [0.1, 0.15) is 41.5 Å². The number of ether oxygens (including phenoxy) is 2. The predicted octanol–water partition coefficient (Wildman–Crippen LogP) is 2.43. The quantitative estimate of drug-likeness (QED) is 0.536. The Labute approximate surface area is 148 Å². The topological polar surface area (TPSA) is 76.2 Å². The zero-order chi connectivity index (χ0) is 19.2. The van der Waals surface area contributed by atoms with Gasteiger partial charge in [0.1, 0.15) is 11.0 Å². The second-order valence-electron chi connectivity index (χ2n) is 8.22. The van der Waals surface area contributed by atoms with Gasteiger partial charge < -0.3 is 14.4 Å². The third-order valence-electron chi connectivity index (χ3n) is 4.06. The summed E-state index contributed by atoms with van der Waals surface area (Å²) in [5.41, 5.74) is -2.34. The van der Waals surface area contributed by atoms with Crippen molar-refractivity contribution in [2.24, 2.45) is 5.41 Å². The third kappa shape index (κ3) is 3.27. The van der Waals surface area contributed by atoms with Gasteiger partial charge in [0, 0.05) is 17.9 Å². The summed E-state index contributed by atoms with van der Waals surface area (Å²) in [7, 11) is 1.27. The monoisotopic (exact) mass is 350 g/mol. The molecule has 1 spiro atoms. The summed E-state index contributed by atoms with van der Waals surface area (Å²) in [5, 5.41) is 0. The van der Waals surface area contributed by atoms with Gasteiger partial charge in [-0.25, -0.2) is 9.59 Å². The van der Waals surface area contributed by atoms with Crippen LogP contribution in [0.3, 0.4) is 0 Å². The number of carbonyl (C=O) groups excluding carboxylic acids is 3. The summed E-state index contributed by atoms with van der Waals surface area (Å²) in [6, 6.07) is -0.786. The zero-order valence-electron chi connectivity index (χ0n) is 15.8. The molecule has 2 rings (SSSR count). The number of rotatable bonds is 1. The molecule has 0 aliphatic carbocycles. The van der Waals surface area contributed by atoms with Crippen molar-refractivity contribution in [1.29, 1.82) is 0 Å². The van der Waals surface area contributed by atoms with Gasteiger partial charge in [-0.05, 0) is 53.7 Å². The highest BCUT2D eigenvalue weighted by Crippen LogP contribution is 2.48. The molecule has 1 fully saturated rings. The van der Waals surface area contributed by atoms with Crippen molar-refractivity contribution in [3.63, 3.8) is 0 Å². The van der Waals surface area contributed by atoms with Gasteiger partial charge in [-0.15, -0.1) is 0 Å². The van der Waals surface area contributed by atoms with Crippen LogP contribution in [0.4, 0.5) is 4.79 Å². The summed E-state index contributed by atoms with van der Waals surface area (Å²) >= 11 is 0. The van der Waals surface area contributed by atoms with E-state index in [4.69, 9.17) is 4.74 Å². The number of likely N-dealkylation sites (tertiary alicyclic amines) is 1. The Hall–Kier alpha value is -2.31. The second kappa shape index (κ2) is 5.89. The van der Waals surface area contributed by atoms with Crippen LogP contribution in [0.5, 0.6) is 0 Å². The number of methoxy groups -OCH3 is 1. The van der Waals surface area contributed by atoms with Gasteiger partial charge in [-0.1, -0.05) is 0 Å². The standard InChI is InChI=1S/C18H26N2O5/c1-16(2,3)20-12(13(21)25-17(4,5)6)18(14(20)22)8-10-19(11-9-18)15(23)24-7/h8-12H,1-7H3. The van der Waals surface area contributed by atoms with Crippen LogP contribution in [-0.4, -0.2) is 52.1 Å². The summed E-state index contributed by atoms with van der Waals surface area (Å²) < 4.78 is 10.2. The maximum absolute atomic E-state index is 12.9. The first kappa shape index (κ1) is 19.0. The first-order chi connectivity index (χ1) is 11.3. The molecule has 0 aromatic heterocycles. The maximum atomic E-state index is 12.9. The molecule has 2 heterocycles. The van der Waals surface area contributed by atoms with E-state index in [0.29, 0.717) is 0 Å².